The molecule has 2 rings (SSSR count). The number of alkyl halides is 6. The summed E-state index contributed by atoms with van der Waals surface area (Å²) in [7, 11) is 0. The van der Waals surface area contributed by atoms with E-state index in [0.717, 1.165) is 6.07 Å². The van der Waals surface area contributed by atoms with Gasteiger partial charge in [0, 0.05) is 16.8 Å². The number of halogens is 6. The van der Waals surface area contributed by atoms with Gasteiger partial charge in [-0.2, -0.15) is 26.3 Å². The lowest BCUT2D eigenvalue weighted by molar-refractivity contribution is -0.376. The molecule has 0 heterocycles. The molecule has 0 aromatic heterocycles. The first-order valence-electron chi connectivity index (χ1n) is 6.29. The molecular formula is C15H11F6NO. The van der Waals surface area contributed by atoms with Crippen LogP contribution in [0.2, 0.25) is 0 Å². The zero-order valence-corrected chi connectivity index (χ0v) is 11.4. The minimum Gasteiger partial charge on any atom is -0.398 e. The van der Waals surface area contributed by atoms with Gasteiger partial charge < -0.3 is 10.8 Å². The number of hydrogen-bond donors (Lipinski definition) is 2. The van der Waals surface area contributed by atoms with Gasteiger partial charge in [-0.05, 0) is 11.6 Å². The molecule has 8 heteroatoms. The largest absolute Gasteiger partial charge is 0.430 e. The number of hydrogen-bond acceptors (Lipinski definition) is 2. The number of aliphatic hydroxyl groups is 1. The molecule has 0 bridgehead atoms. The van der Waals surface area contributed by atoms with Gasteiger partial charge in [0.15, 0.2) is 0 Å². The predicted octanol–water partition coefficient (Wildman–Crippen LogP) is 4.25. The highest BCUT2D eigenvalue weighted by molar-refractivity contribution is 5.77. The van der Waals surface area contributed by atoms with E-state index >= 15 is 0 Å². The highest BCUT2D eigenvalue weighted by Crippen LogP contribution is 2.50. The van der Waals surface area contributed by atoms with E-state index in [9.17, 15) is 31.4 Å². The standard InChI is InChI=1S/C15H11F6NO/c16-14(17,18)13(23,15(19,20)21)10-6-7-11(12(22)8-10)9-4-2-1-3-5-9/h1-8,23H,22H2. The second-order valence-corrected chi connectivity index (χ2v) is 4.87. The van der Waals surface area contributed by atoms with E-state index in [1.54, 1.807) is 30.3 Å². The summed E-state index contributed by atoms with van der Waals surface area (Å²) in [5.41, 5.74) is -0.285. The summed E-state index contributed by atoms with van der Waals surface area (Å²) in [6, 6.07) is 10.3. The van der Waals surface area contributed by atoms with Crippen LogP contribution in [0.25, 0.3) is 11.1 Å². The number of nitrogen functional groups attached to an aromatic ring is 1. The van der Waals surface area contributed by atoms with Crippen LogP contribution in [0.5, 0.6) is 0 Å². The fourth-order valence-electron chi connectivity index (χ4n) is 2.16. The van der Waals surface area contributed by atoms with Crippen molar-refractivity contribution in [2.24, 2.45) is 0 Å². The molecule has 23 heavy (non-hydrogen) atoms. The molecule has 0 amide bonds. The van der Waals surface area contributed by atoms with Gasteiger partial charge in [-0.25, -0.2) is 0 Å². The quantitative estimate of drug-likeness (QED) is 0.637. The topological polar surface area (TPSA) is 46.2 Å². The Morgan fingerprint density at radius 1 is 0.783 bits per heavy atom. The minimum atomic E-state index is -5.94. The maximum Gasteiger partial charge on any atom is 0.430 e. The van der Waals surface area contributed by atoms with Crippen molar-refractivity contribution < 1.29 is 31.4 Å². The number of nitrogens with two attached hydrogens (primary N) is 1. The van der Waals surface area contributed by atoms with E-state index in [1.165, 1.54) is 0 Å². The molecule has 0 saturated heterocycles. The lowest BCUT2D eigenvalue weighted by Crippen LogP contribution is -2.53. The molecule has 0 spiro atoms. The highest BCUT2D eigenvalue weighted by Gasteiger charge is 2.71. The third kappa shape index (κ3) is 2.86. The summed E-state index contributed by atoms with van der Waals surface area (Å²) >= 11 is 0. The molecular weight excluding hydrogens is 324 g/mol. The van der Waals surface area contributed by atoms with Gasteiger partial charge in [0.25, 0.3) is 5.60 Å². The monoisotopic (exact) mass is 335 g/mol. The molecule has 0 aliphatic rings. The summed E-state index contributed by atoms with van der Waals surface area (Å²) in [5.74, 6) is 0. The summed E-state index contributed by atoms with van der Waals surface area (Å²) in [4.78, 5) is 0. The molecule has 0 aliphatic carbocycles. The normalized spacial score (nSPS) is 13.2. The highest BCUT2D eigenvalue weighted by atomic mass is 19.4. The molecule has 0 unspecified atom stereocenters. The third-order valence-electron chi connectivity index (χ3n) is 3.37. The van der Waals surface area contributed by atoms with Gasteiger partial charge in [0.1, 0.15) is 0 Å². The van der Waals surface area contributed by atoms with E-state index in [-0.39, 0.29) is 11.3 Å². The van der Waals surface area contributed by atoms with Crippen LogP contribution < -0.4 is 5.73 Å². The SMILES string of the molecule is Nc1cc(C(O)(C(F)(F)F)C(F)(F)F)ccc1-c1ccccc1. The minimum absolute atomic E-state index is 0.265. The smallest absolute Gasteiger partial charge is 0.398 e. The number of benzene rings is 2. The molecule has 124 valence electrons. The van der Waals surface area contributed by atoms with E-state index in [4.69, 9.17) is 5.73 Å². The van der Waals surface area contributed by atoms with Gasteiger partial charge in [-0.15, -0.1) is 0 Å². The van der Waals surface area contributed by atoms with Gasteiger partial charge >= 0.3 is 12.4 Å². The van der Waals surface area contributed by atoms with Crippen LogP contribution in [0.15, 0.2) is 48.5 Å². The van der Waals surface area contributed by atoms with Crippen molar-refractivity contribution in [3.63, 3.8) is 0 Å². The van der Waals surface area contributed by atoms with Gasteiger partial charge in [0.2, 0.25) is 0 Å². The Hall–Kier alpha value is -2.22. The van der Waals surface area contributed by atoms with Crippen molar-refractivity contribution in [3.8, 4) is 11.1 Å². The van der Waals surface area contributed by atoms with Crippen LogP contribution in [-0.2, 0) is 5.60 Å². The van der Waals surface area contributed by atoms with Gasteiger partial charge in [-0.3, -0.25) is 0 Å². The van der Waals surface area contributed by atoms with Crippen molar-refractivity contribution in [1.82, 2.24) is 0 Å². The van der Waals surface area contributed by atoms with E-state index in [2.05, 4.69) is 0 Å². The first-order valence-corrected chi connectivity index (χ1v) is 6.29. The lowest BCUT2D eigenvalue weighted by atomic mass is 9.90. The zero-order chi connectivity index (χ0) is 17.5. The van der Waals surface area contributed by atoms with E-state index in [1.807, 2.05) is 0 Å². The molecule has 2 aromatic carbocycles. The Balaban J connectivity index is 2.59. The maximum absolute atomic E-state index is 12.8. The van der Waals surface area contributed by atoms with Crippen molar-refractivity contribution in [3.05, 3.63) is 54.1 Å². The Morgan fingerprint density at radius 2 is 1.30 bits per heavy atom. The molecule has 0 aliphatic heterocycles. The van der Waals surface area contributed by atoms with Crippen molar-refractivity contribution in [2.75, 3.05) is 5.73 Å². The van der Waals surface area contributed by atoms with E-state index in [0.29, 0.717) is 17.7 Å². The number of anilines is 1. The molecule has 0 atom stereocenters. The third-order valence-corrected chi connectivity index (χ3v) is 3.37. The van der Waals surface area contributed by atoms with Crippen molar-refractivity contribution in [1.29, 1.82) is 0 Å². The fourth-order valence-corrected chi connectivity index (χ4v) is 2.16. The fraction of sp³-hybridized carbons (Fsp3) is 0.200. The first kappa shape index (κ1) is 17.1. The van der Waals surface area contributed by atoms with Crippen LogP contribution in [0.4, 0.5) is 32.0 Å². The Bertz CT molecular complexity index is 679. The van der Waals surface area contributed by atoms with Crippen molar-refractivity contribution >= 4 is 5.69 Å². The average molecular weight is 335 g/mol. The first-order chi connectivity index (χ1) is 10.5. The predicted molar refractivity (Wildman–Crippen MR) is 72.3 cm³/mol. The van der Waals surface area contributed by atoms with E-state index < -0.39 is 23.5 Å². The maximum atomic E-state index is 12.8. The molecule has 0 radical (unpaired) electrons. The Morgan fingerprint density at radius 3 is 1.74 bits per heavy atom. The van der Waals surface area contributed by atoms with Crippen LogP contribution in [0.1, 0.15) is 5.56 Å². The van der Waals surface area contributed by atoms with Crippen LogP contribution in [-0.4, -0.2) is 17.5 Å². The van der Waals surface area contributed by atoms with Crippen LogP contribution in [0.3, 0.4) is 0 Å². The van der Waals surface area contributed by atoms with Crippen molar-refractivity contribution in [2.45, 2.75) is 18.0 Å². The lowest BCUT2D eigenvalue weighted by Gasteiger charge is -2.33. The summed E-state index contributed by atoms with van der Waals surface area (Å²) in [5, 5.41) is 9.34. The molecule has 3 N–H and O–H groups in total. The average Bonchev–Trinajstić information content (AvgIpc) is 2.44. The zero-order valence-electron chi connectivity index (χ0n) is 11.4. The molecule has 2 aromatic rings. The Kier molecular flexibility index (Phi) is 4.06. The van der Waals surface area contributed by atoms with Crippen LogP contribution >= 0.6 is 0 Å². The second kappa shape index (κ2) is 5.45. The van der Waals surface area contributed by atoms with Gasteiger partial charge in [0.05, 0.1) is 0 Å². The van der Waals surface area contributed by atoms with Gasteiger partial charge in [-0.1, -0.05) is 42.5 Å². The summed E-state index contributed by atoms with van der Waals surface area (Å²) < 4.78 is 77.0. The summed E-state index contributed by atoms with van der Waals surface area (Å²) in [6.45, 7) is 0. The van der Waals surface area contributed by atoms with Crippen LogP contribution in [0, 0.1) is 0 Å². The number of rotatable bonds is 2. The molecule has 0 fully saturated rings. The molecule has 0 saturated carbocycles. The summed E-state index contributed by atoms with van der Waals surface area (Å²) in [6.07, 6.45) is -11.9. The molecule has 2 nitrogen and oxygen atoms in total. The Labute approximate surface area is 127 Å². The second-order valence-electron chi connectivity index (χ2n) is 4.87.